The second kappa shape index (κ2) is 13.2. The molecule has 12 heteroatoms. The Bertz CT molecular complexity index is 1410. The molecule has 200 valence electrons. The van der Waals surface area contributed by atoms with Crippen molar-refractivity contribution in [1.82, 2.24) is 30.8 Å². The van der Waals surface area contributed by atoms with E-state index < -0.39 is 18.0 Å². The average Bonchev–Trinajstić information content (AvgIpc) is 3.48. The SMILES string of the molecule is COC(=O)Nc1ccc(C(=O)N[C@@H](Cc2ccccc2)C(=O)NCCc2cc(Cl)ccc2-n2cnnn2)cc1. The van der Waals surface area contributed by atoms with Crippen LogP contribution < -0.4 is 16.0 Å². The van der Waals surface area contributed by atoms with Crippen LogP contribution in [-0.4, -0.2) is 57.8 Å². The number of methoxy groups -OCH3 is 1. The number of hydrogen-bond donors (Lipinski definition) is 3. The number of carbonyl (C=O) groups excluding carboxylic acids is 3. The second-order valence-electron chi connectivity index (χ2n) is 8.48. The minimum Gasteiger partial charge on any atom is -0.453 e. The number of tetrazole rings is 1. The van der Waals surface area contributed by atoms with E-state index in [1.807, 2.05) is 30.3 Å². The molecule has 11 nitrogen and oxygen atoms in total. The Kier molecular flexibility index (Phi) is 9.20. The van der Waals surface area contributed by atoms with Gasteiger partial charge in [-0.3, -0.25) is 14.9 Å². The smallest absolute Gasteiger partial charge is 0.411 e. The topological polar surface area (TPSA) is 140 Å². The molecular formula is C27H26ClN7O4. The summed E-state index contributed by atoms with van der Waals surface area (Å²) in [7, 11) is 1.26. The summed E-state index contributed by atoms with van der Waals surface area (Å²) in [6.07, 6.45) is 1.62. The third kappa shape index (κ3) is 7.62. The van der Waals surface area contributed by atoms with E-state index >= 15 is 0 Å². The summed E-state index contributed by atoms with van der Waals surface area (Å²) in [6, 6.07) is 20.2. The lowest BCUT2D eigenvalue weighted by molar-refractivity contribution is -0.122. The zero-order valence-corrected chi connectivity index (χ0v) is 21.8. The summed E-state index contributed by atoms with van der Waals surface area (Å²) in [5, 5.41) is 20.1. The van der Waals surface area contributed by atoms with Crippen LogP contribution in [0, 0.1) is 0 Å². The number of carbonyl (C=O) groups is 3. The number of halogens is 1. The van der Waals surface area contributed by atoms with E-state index in [9.17, 15) is 14.4 Å². The van der Waals surface area contributed by atoms with Gasteiger partial charge in [0.2, 0.25) is 5.91 Å². The molecule has 0 unspecified atom stereocenters. The predicted molar refractivity (Wildman–Crippen MR) is 145 cm³/mol. The molecule has 0 saturated heterocycles. The third-order valence-corrected chi connectivity index (χ3v) is 6.05. The van der Waals surface area contributed by atoms with Crippen LogP contribution in [0.4, 0.5) is 10.5 Å². The Morgan fingerprint density at radius 3 is 2.49 bits per heavy atom. The second-order valence-corrected chi connectivity index (χ2v) is 8.91. The molecule has 0 aliphatic heterocycles. The Hall–Kier alpha value is -4.77. The van der Waals surface area contributed by atoms with Crippen molar-refractivity contribution in [3.63, 3.8) is 0 Å². The fraction of sp³-hybridized carbons (Fsp3) is 0.185. The predicted octanol–water partition coefficient (Wildman–Crippen LogP) is 3.19. The van der Waals surface area contributed by atoms with Gasteiger partial charge < -0.3 is 15.4 Å². The first kappa shape index (κ1) is 27.3. The van der Waals surface area contributed by atoms with Crippen LogP contribution in [-0.2, 0) is 22.4 Å². The van der Waals surface area contributed by atoms with Gasteiger partial charge in [-0.15, -0.1) is 5.10 Å². The van der Waals surface area contributed by atoms with E-state index in [-0.39, 0.29) is 5.91 Å². The maximum atomic E-state index is 13.2. The van der Waals surface area contributed by atoms with Gasteiger partial charge >= 0.3 is 6.09 Å². The van der Waals surface area contributed by atoms with E-state index in [4.69, 9.17) is 11.6 Å². The molecule has 3 N–H and O–H groups in total. The van der Waals surface area contributed by atoms with Crippen molar-refractivity contribution in [3.8, 4) is 5.69 Å². The van der Waals surface area contributed by atoms with E-state index in [0.717, 1.165) is 16.8 Å². The molecule has 1 atom stereocenters. The third-order valence-electron chi connectivity index (χ3n) is 5.81. The highest BCUT2D eigenvalue weighted by molar-refractivity contribution is 6.30. The lowest BCUT2D eigenvalue weighted by atomic mass is 10.0. The Morgan fingerprint density at radius 1 is 1.03 bits per heavy atom. The fourth-order valence-corrected chi connectivity index (χ4v) is 4.06. The normalized spacial score (nSPS) is 11.3. The summed E-state index contributed by atoms with van der Waals surface area (Å²) in [6.45, 7) is 0.295. The molecule has 0 radical (unpaired) electrons. The summed E-state index contributed by atoms with van der Waals surface area (Å²) in [5.41, 5.74) is 3.30. The number of rotatable bonds is 10. The molecule has 0 saturated carbocycles. The number of benzene rings is 3. The largest absolute Gasteiger partial charge is 0.453 e. The summed E-state index contributed by atoms with van der Waals surface area (Å²) >= 11 is 6.20. The van der Waals surface area contributed by atoms with Crippen molar-refractivity contribution >= 4 is 35.2 Å². The van der Waals surface area contributed by atoms with E-state index in [0.29, 0.717) is 35.7 Å². The number of hydrogen-bond acceptors (Lipinski definition) is 7. The van der Waals surface area contributed by atoms with Gasteiger partial charge in [0, 0.05) is 29.2 Å². The summed E-state index contributed by atoms with van der Waals surface area (Å²) in [4.78, 5) is 37.6. The molecule has 0 aliphatic carbocycles. The van der Waals surface area contributed by atoms with Gasteiger partial charge in [-0.1, -0.05) is 41.9 Å². The Balaban J connectivity index is 1.43. The quantitative estimate of drug-likeness (QED) is 0.277. The zero-order valence-electron chi connectivity index (χ0n) is 21.0. The standard InChI is InChI=1S/C27H26ClN7O4/c1-39-27(38)31-22-10-7-19(8-11-22)25(36)32-23(15-18-5-3-2-4-6-18)26(37)29-14-13-20-16-21(28)9-12-24(20)35-17-30-33-34-35/h2-12,16-17,23H,13-15H2,1H3,(H,29,37)(H,31,38)(H,32,36)/t23-/m0/s1. The summed E-state index contributed by atoms with van der Waals surface area (Å²) < 4.78 is 6.09. The minimum atomic E-state index is -0.828. The molecule has 4 aromatic rings. The molecular weight excluding hydrogens is 522 g/mol. The monoisotopic (exact) mass is 547 g/mol. The molecule has 0 fully saturated rings. The molecule has 3 amide bonds. The lowest BCUT2D eigenvalue weighted by Gasteiger charge is -2.19. The maximum Gasteiger partial charge on any atom is 0.411 e. The molecule has 0 aliphatic rings. The van der Waals surface area contributed by atoms with Crippen molar-refractivity contribution in [2.75, 3.05) is 19.0 Å². The van der Waals surface area contributed by atoms with Crippen LogP contribution >= 0.6 is 11.6 Å². The van der Waals surface area contributed by atoms with Crippen molar-refractivity contribution in [2.45, 2.75) is 18.9 Å². The van der Waals surface area contributed by atoms with Gasteiger partial charge in [0.1, 0.15) is 12.4 Å². The average molecular weight is 548 g/mol. The first-order valence-corrected chi connectivity index (χ1v) is 12.4. The van der Waals surface area contributed by atoms with Gasteiger partial charge in [0.15, 0.2) is 0 Å². The van der Waals surface area contributed by atoms with Gasteiger partial charge in [-0.25, -0.2) is 9.48 Å². The van der Waals surface area contributed by atoms with Crippen molar-refractivity contribution in [3.05, 3.63) is 101 Å². The highest BCUT2D eigenvalue weighted by atomic mass is 35.5. The molecule has 0 bridgehead atoms. The zero-order chi connectivity index (χ0) is 27.6. The first-order valence-electron chi connectivity index (χ1n) is 12.0. The van der Waals surface area contributed by atoms with E-state index in [2.05, 4.69) is 36.2 Å². The van der Waals surface area contributed by atoms with Crippen LogP contribution in [0.1, 0.15) is 21.5 Å². The van der Waals surface area contributed by atoms with E-state index in [1.165, 1.54) is 18.1 Å². The number of anilines is 1. The Morgan fingerprint density at radius 2 is 1.79 bits per heavy atom. The van der Waals surface area contributed by atoms with Gasteiger partial charge in [0.25, 0.3) is 5.91 Å². The fourth-order valence-electron chi connectivity index (χ4n) is 3.87. The molecule has 4 rings (SSSR count). The number of ether oxygens (including phenoxy) is 1. The number of amides is 3. The van der Waals surface area contributed by atoms with Crippen LogP contribution in [0.5, 0.6) is 0 Å². The number of nitrogens with one attached hydrogen (secondary N) is 3. The summed E-state index contributed by atoms with van der Waals surface area (Å²) in [5.74, 6) is -0.756. The number of nitrogens with zero attached hydrogens (tertiary/aromatic N) is 4. The molecule has 39 heavy (non-hydrogen) atoms. The van der Waals surface area contributed by atoms with Crippen molar-refractivity contribution < 1.29 is 19.1 Å². The van der Waals surface area contributed by atoms with Crippen LogP contribution in [0.3, 0.4) is 0 Å². The van der Waals surface area contributed by atoms with Crippen LogP contribution in [0.25, 0.3) is 5.69 Å². The first-order chi connectivity index (χ1) is 18.9. The van der Waals surface area contributed by atoms with Gasteiger partial charge in [-0.05, 0) is 70.4 Å². The van der Waals surface area contributed by atoms with Gasteiger partial charge in [-0.2, -0.15) is 0 Å². The Labute approximate surface area is 229 Å². The van der Waals surface area contributed by atoms with Crippen LogP contribution in [0.2, 0.25) is 5.02 Å². The minimum absolute atomic E-state index is 0.295. The molecule has 0 spiro atoms. The highest BCUT2D eigenvalue weighted by Gasteiger charge is 2.22. The van der Waals surface area contributed by atoms with Gasteiger partial charge in [0.05, 0.1) is 12.8 Å². The van der Waals surface area contributed by atoms with Crippen LogP contribution in [0.15, 0.2) is 79.1 Å². The lowest BCUT2D eigenvalue weighted by Crippen LogP contribution is -2.48. The number of aromatic nitrogens is 4. The maximum absolute atomic E-state index is 13.2. The molecule has 1 heterocycles. The van der Waals surface area contributed by atoms with E-state index in [1.54, 1.807) is 42.5 Å². The van der Waals surface area contributed by atoms with Crippen molar-refractivity contribution in [1.29, 1.82) is 0 Å². The molecule has 1 aromatic heterocycles. The van der Waals surface area contributed by atoms with Crippen molar-refractivity contribution in [2.24, 2.45) is 0 Å². The molecule has 3 aromatic carbocycles. The highest BCUT2D eigenvalue weighted by Crippen LogP contribution is 2.19.